The molecule has 232 valence electrons. The van der Waals surface area contributed by atoms with Crippen molar-refractivity contribution in [3.8, 4) is 0 Å². The molecule has 0 aliphatic rings. The standard InChI is InChI=1S/C29H54N4O7/c1-29(2,3)40-28(39)33-23-15-6-10-18-26(36)31-21-13-4-8-16-24(34)30-20-12-5-9-17-25(35)32-22-14-7-11-19-27(37)38/h4-23H2,1-3H3,(H,30,34)(H,31,36)(H,32,35)(H,33,39)(H,37,38). The van der Waals surface area contributed by atoms with Crippen LogP contribution >= 0.6 is 0 Å². The molecule has 0 rings (SSSR count). The Morgan fingerprint density at radius 1 is 0.500 bits per heavy atom. The highest BCUT2D eigenvalue weighted by Gasteiger charge is 2.15. The lowest BCUT2D eigenvalue weighted by atomic mass is 10.1. The van der Waals surface area contributed by atoms with Crippen molar-refractivity contribution in [3.05, 3.63) is 0 Å². The molecule has 11 nitrogen and oxygen atoms in total. The van der Waals surface area contributed by atoms with Gasteiger partial charge in [-0.25, -0.2) is 4.79 Å². The minimum Gasteiger partial charge on any atom is -0.481 e. The zero-order chi connectivity index (χ0) is 30.1. The third-order valence-electron chi connectivity index (χ3n) is 5.94. The maximum absolute atomic E-state index is 11.9. The van der Waals surface area contributed by atoms with Gasteiger partial charge in [0.1, 0.15) is 5.60 Å². The highest BCUT2D eigenvalue weighted by molar-refractivity contribution is 5.76. The Hall–Kier alpha value is -2.85. The summed E-state index contributed by atoms with van der Waals surface area (Å²) in [4.78, 5) is 57.6. The van der Waals surface area contributed by atoms with Gasteiger partial charge in [0.2, 0.25) is 17.7 Å². The minimum atomic E-state index is -0.786. The number of hydrogen-bond donors (Lipinski definition) is 5. The predicted octanol–water partition coefficient (Wildman–Crippen LogP) is 4.19. The Morgan fingerprint density at radius 2 is 0.825 bits per heavy atom. The van der Waals surface area contributed by atoms with E-state index in [4.69, 9.17) is 9.84 Å². The molecule has 11 heteroatoms. The van der Waals surface area contributed by atoms with E-state index in [1.807, 2.05) is 20.8 Å². The Balaban J connectivity index is 3.45. The summed E-state index contributed by atoms with van der Waals surface area (Å²) in [5.74, 6) is -0.706. The fraction of sp³-hybridized carbons (Fsp3) is 0.828. The highest BCUT2D eigenvalue weighted by atomic mass is 16.6. The second kappa shape index (κ2) is 24.0. The van der Waals surface area contributed by atoms with Gasteiger partial charge in [-0.2, -0.15) is 0 Å². The third kappa shape index (κ3) is 28.2. The average Bonchev–Trinajstić information content (AvgIpc) is 2.86. The van der Waals surface area contributed by atoms with Crippen LogP contribution in [0, 0.1) is 0 Å². The van der Waals surface area contributed by atoms with E-state index in [0.29, 0.717) is 51.9 Å². The first-order valence-electron chi connectivity index (χ1n) is 15.0. The molecule has 0 radical (unpaired) electrons. The van der Waals surface area contributed by atoms with Crippen LogP contribution in [0.1, 0.15) is 124 Å². The van der Waals surface area contributed by atoms with Gasteiger partial charge < -0.3 is 31.1 Å². The molecule has 0 fully saturated rings. The lowest BCUT2D eigenvalue weighted by Gasteiger charge is -2.19. The molecule has 0 aliphatic carbocycles. The van der Waals surface area contributed by atoms with Crippen molar-refractivity contribution in [2.75, 3.05) is 26.2 Å². The molecule has 0 bridgehead atoms. The van der Waals surface area contributed by atoms with Crippen molar-refractivity contribution in [2.24, 2.45) is 0 Å². The molecule has 0 spiro atoms. The van der Waals surface area contributed by atoms with Crippen LogP contribution in [0.3, 0.4) is 0 Å². The largest absolute Gasteiger partial charge is 0.481 e. The number of aliphatic carboxylic acids is 1. The highest BCUT2D eigenvalue weighted by Crippen LogP contribution is 2.07. The zero-order valence-corrected chi connectivity index (χ0v) is 25.0. The van der Waals surface area contributed by atoms with Crippen molar-refractivity contribution >= 4 is 29.8 Å². The first kappa shape index (κ1) is 37.1. The van der Waals surface area contributed by atoms with Crippen LogP contribution in [0.25, 0.3) is 0 Å². The lowest BCUT2D eigenvalue weighted by Crippen LogP contribution is -2.33. The van der Waals surface area contributed by atoms with Gasteiger partial charge >= 0.3 is 12.1 Å². The SMILES string of the molecule is CC(C)(C)OC(=O)NCCCCCC(=O)NCCCCCC(=O)NCCCCCC(=O)NCCCCCC(=O)O. The van der Waals surface area contributed by atoms with E-state index in [9.17, 15) is 24.0 Å². The first-order valence-corrected chi connectivity index (χ1v) is 15.0. The van der Waals surface area contributed by atoms with Crippen molar-refractivity contribution in [1.29, 1.82) is 0 Å². The molecular formula is C29H54N4O7. The second-order valence-corrected chi connectivity index (χ2v) is 11.1. The van der Waals surface area contributed by atoms with Crippen molar-refractivity contribution in [3.63, 3.8) is 0 Å². The molecule has 0 unspecified atom stereocenters. The minimum absolute atomic E-state index is 0.0168. The Kier molecular flexibility index (Phi) is 22.3. The topological polar surface area (TPSA) is 163 Å². The van der Waals surface area contributed by atoms with Crippen LogP contribution in [-0.2, 0) is 23.9 Å². The summed E-state index contributed by atoms with van der Waals surface area (Å²) in [7, 11) is 0. The molecule has 5 N–H and O–H groups in total. The van der Waals surface area contributed by atoms with E-state index in [2.05, 4.69) is 21.3 Å². The molecule has 0 aliphatic heterocycles. The second-order valence-electron chi connectivity index (χ2n) is 11.1. The summed E-state index contributed by atoms with van der Waals surface area (Å²) in [5.41, 5.74) is -0.507. The third-order valence-corrected chi connectivity index (χ3v) is 5.94. The van der Waals surface area contributed by atoms with Gasteiger partial charge in [-0.15, -0.1) is 0 Å². The predicted molar refractivity (Wildman–Crippen MR) is 155 cm³/mol. The van der Waals surface area contributed by atoms with Gasteiger partial charge in [-0.3, -0.25) is 19.2 Å². The Morgan fingerprint density at radius 3 is 1.15 bits per heavy atom. The van der Waals surface area contributed by atoms with Gasteiger partial charge in [0.25, 0.3) is 0 Å². The molecule has 0 atom stereocenters. The van der Waals surface area contributed by atoms with E-state index in [1.54, 1.807) is 0 Å². The number of amides is 4. The number of carbonyl (C=O) groups is 5. The number of rotatable bonds is 24. The van der Waals surface area contributed by atoms with Crippen molar-refractivity contribution in [2.45, 2.75) is 129 Å². The Labute approximate surface area is 240 Å². The summed E-state index contributed by atoms with van der Waals surface area (Å²) in [6.07, 6.45) is 10.8. The van der Waals surface area contributed by atoms with Crippen LogP contribution in [0.4, 0.5) is 4.79 Å². The van der Waals surface area contributed by atoms with Crippen LogP contribution in [-0.4, -0.2) is 66.7 Å². The monoisotopic (exact) mass is 570 g/mol. The summed E-state index contributed by atoms with van der Waals surface area (Å²) >= 11 is 0. The average molecular weight is 571 g/mol. The Bertz CT molecular complexity index is 738. The number of carboxylic acids is 1. The fourth-order valence-corrected chi connectivity index (χ4v) is 3.79. The van der Waals surface area contributed by atoms with Crippen molar-refractivity contribution < 1.29 is 33.8 Å². The van der Waals surface area contributed by atoms with Gasteiger partial charge in [0, 0.05) is 51.9 Å². The quantitative estimate of drug-likeness (QED) is 0.109. The molecule has 0 heterocycles. The number of alkyl carbamates (subject to hydrolysis) is 1. The summed E-state index contributed by atoms with van der Waals surface area (Å²) < 4.78 is 5.17. The number of carboxylic acid groups (broad SMARTS) is 1. The van der Waals surface area contributed by atoms with Crippen molar-refractivity contribution in [1.82, 2.24) is 21.3 Å². The smallest absolute Gasteiger partial charge is 0.407 e. The van der Waals surface area contributed by atoms with E-state index < -0.39 is 17.7 Å². The first-order chi connectivity index (χ1) is 19.0. The molecule has 4 amide bonds. The summed E-state index contributed by atoms with van der Waals surface area (Å²) in [6, 6.07) is 0. The molecular weight excluding hydrogens is 516 g/mol. The number of carbonyl (C=O) groups excluding carboxylic acids is 4. The van der Waals surface area contributed by atoms with Crippen LogP contribution in [0.2, 0.25) is 0 Å². The zero-order valence-electron chi connectivity index (χ0n) is 25.0. The molecule has 0 aromatic heterocycles. The summed E-state index contributed by atoms with van der Waals surface area (Å²) in [5, 5.41) is 20.0. The number of hydrogen-bond acceptors (Lipinski definition) is 6. The van der Waals surface area contributed by atoms with Crippen LogP contribution < -0.4 is 21.3 Å². The molecule has 0 saturated carbocycles. The molecule has 0 aromatic rings. The lowest BCUT2D eigenvalue weighted by molar-refractivity contribution is -0.137. The van der Waals surface area contributed by atoms with Gasteiger partial charge in [0.15, 0.2) is 0 Å². The molecule has 0 saturated heterocycles. The van der Waals surface area contributed by atoms with Crippen LogP contribution in [0.5, 0.6) is 0 Å². The maximum Gasteiger partial charge on any atom is 0.407 e. The van der Waals surface area contributed by atoms with E-state index in [-0.39, 0.29) is 24.1 Å². The van der Waals surface area contributed by atoms with E-state index >= 15 is 0 Å². The molecule has 40 heavy (non-hydrogen) atoms. The van der Waals surface area contributed by atoms with E-state index in [1.165, 1.54) is 0 Å². The van der Waals surface area contributed by atoms with Gasteiger partial charge in [0.05, 0.1) is 0 Å². The summed E-state index contributed by atoms with van der Waals surface area (Å²) in [6.45, 7) is 7.79. The normalized spacial score (nSPS) is 11.0. The number of ether oxygens (including phenoxy) is 1. The van der Waals surface area contributed by atoms with Gasteiger partial charge in [-0.1, -0.05) is 25.7 Å². The van der Waals surface area contributed by atoms with E-state index in [0.717, 1.165) is 70.6 Å². The fourth-order valence-electron chi connectivity index (χ4n) is 3.79. The number of nitrogens with one attached hydrogen (secondary N) is 4. The molecule has 0 aromatic carbocycles. The number of unbranched alkanes of at least 4 members (excludes halogenated alkanes) is 8. The maximum atomic E-state index is 11.9. The van der Waals surface area contributed by atoms with Gasteiger partial charge in [-0.05, 0) is 72.1 Å². The van der Waals surface area contributed by atoms with Crippen LogP contribution in [0.15, 0.2) is 0 Å².